The van der Waals surface area contributed by atoms with Crippen molar-refractivity contribution in [3.63, 3.8) is 0 Å². The second-order valence-electron chi connectivity index (χ2n) is 5.36. The minimum atomic E-state index is -0.945. The number of hydrogen-bond donors (Lipinski definition) is 1. The largest absolute Gasteiger partial charge is 0.478 e. The maximum Gasteiger partial charge on any atom is 0.328 e. The molecule has 2 rings (SSSR count). The normalized spacial score (nSPS) is 24.2. The topological polar surface area (TPSA) is 56.7 Å². The predicted octanol–water partition coefficient (Wildman–Crippen LogP) is 1.71. The van der Waals surface area contributed by atoms with E-state index >= 15 is 0 Å². The fraction of sp³-hybridized carbons (Fsp3) is 0.467. The zero-order valence-electron chi connectivity index (χ0n) is 12.2. The van der Waals surface area contributed by atoms with Crippen LogP contribution in [0.3, 0.4) is 0 Å². The quantitative estimate of drug-likeness (QED) is 0.851. The Labute approximate surface area is 119 Å². The monoisotopic (exact) mass is 275 g/mol. The van der Waals surface area contributed by atoms with Crippen LogP contribution in [-0.2, 0) is 4.79 Å². The van der Waals surface area contributed by atoms with Gasteiger partial charge in [0.25, 0.3) is 0 Å². The van der Waals surface area contributed by atoms with Crippen molar-refractivity contribution >= 4 is 17.9 Å². The third kappa shape index (κ3) is 3.17. The lowest BCUT2D eigenvalue weighted by molar-refractivity contribution is -0.131. The highest BCUT2D eigenvalue weighted by Gasteiger charge is 2.27. The summed E-state index contributed by atoms with van der Waals surface area (Å²) in [7, 11) is 2.14. The van der Waals surface area contributed by atoms with E-state index in [1.807, 2.05) is 12.1 Å². The molecular weight excluding hydrogens is 254 g/mol. The molecule has 1 fully saturated rings. The number of pyridine rings is 1. The molecule has 1 aliphatic heterocycles. The summed E-state index contributed by atoms with van der Waals surface area (Å²) in [4.78, 5) is 19.7. The highest BCUT2D eigenvalue weighted by Crippen LogP contribution is 2.23. The average Bonchev–Trinajstić information content (AvgIpc) is 2.42. The van der Waals surface area contributed by atoms with Crippen LogP contribution in [0.2, 0.25) is 0 Å². The van der Waals surface area contributed by atoms with Crippen molar-refractivity contribution in [3.8, 4) is 0 Å². The van der Waals surface area contributed by atoms with E-state index in [0.29, 0.717) is 12.1 Å². The van der Waals surface area contributed by atoms with Crippen LogP contribution in [0.15, 0.2) is 24.4 Å². The predicted molar refractivity (Wildman–Crippen MR) is 79.8 cm³/mol. The van der Waals surface area contributed by atoms with Crippen molar-refractivity contribution in [1.82, 2.24) is 9.88 Å². The number of aromatic nitrogens is 1. The number of rotatable bonds is 3. The second kappa shape index (κ2) is 6.05. The van der Waals surface area contributed by atoms with Crippen LogP contribution >= 0.6 is 0 Å². The molecule has 0 saturated carbocycles. The zero-order valence-corrected chi connectivity index (χ0v) is 12.2. The Kier molecular flexibility index (Phi) is 4.39. The number of likely N-dealkylation sites (N-methyl/N-ethyl adjacent to an activating group) is 1. The molecule has 5 heteroatoms. The number of carboxylic acid groups (broad SMARTS) is 1. The van der Waals surface area contributed by atoms with E-state index in [2.05, 4.69) is 35.7 Å². The number of anilines is 1. The van der Waals surface area contributed by atoms with Gasteiger partial charge >= 0.3 is 5.97 Å². The molecule has 20 heavy (non-hydrogen) atoms. The molecule has 0 aromatic carbocycles. The molecule has 1 aliphatic rings. The maximum atomic E-state index is 10.7. The Bertz CT molecular complexity index is 504. The van der Waals surface area contributed by atoms with Crippen molar-refractivity contribution < 1.29 is 9.90 Å². The van der Waals surface area contributed by atoms with E-state index in [-0.39, 0.29) is 0 Å². The van der Waals surface area contributed by atoms with E-state index < -0.39 is 5.97 Å². The Morgan fingerprint density at radius 1 is 1.40 bits per heavy atom. The van der Waals surface area contributed by atoms with Crippen molar-refractivity contribution in [2.45, 2.75) is 25.9 Å². The van der Waals surface area contributed by atoms with Crippen molar-refractivity contribution in [1.29, 1.82) is 0 Å². The minimum absolute atomic E-state index is 0.442. The summed E-state index contributed by atoms with van der Waals surface area (Å²) >= 11 is 0. The van der Waals surface area contributed by atoms with Gasteiger partial charge in [-0.05, 0) is 39.1 Å². The number of nitrogens with zero attached hydrogens (tertiary/aromatic N) is 3. The molecule has 2 heterocycles. The first kappa shape index (κ1) is 14.5. The molecule has 1 aromatic rings. The van der Waals surface area contributed by atoms with Crippen LogP contribution < -0.4 is 4.90 Å². The second-order valence-corrected chi connectivity index (χ2v) is 5.36. The number of carbonyl (C=O) groups is 1. The van der Waals surface area contributed by atoms with E-state index in [4.69, 9.17) is 5.11 Å². The summed E-state index contributed by atoms with van der Waals surface area (Å²) in [5.74, 6) is -0.0864. The van der Waals surface area contributed by atoms with Crippen LogP contribution in [0.1, 0.15) is 19.4 Å². The Morgan fingerprint density at radius 3 is 2.65 bits per heavy atom. The van der Waals surface area contributed by atoms with Gasteiger partial charge in [0.15, 0.2) is 0 Å². The van der Waals surface area contributed by atoms with Gasteiger partial charge in [-0.3, -0.25) is 4.90 Å². The van der Waals surface area contributed by atoms with Crippen LogP contribution in [-0.4, -0.2) is 53.2 Å². The highest BCUT2D eigenvalue weighted by molar-refractivity contribution is 5.86. The summed E-state index contributed by atoms with van der Waals surface area (Å²) in [6, 6.07) is 4.61. The molecule has 1 saturated heterocycles. The highest BCUT2D eigenvalue weighted by atomic mass is 16.4. The third-order valence-corrected chi connectivity index (χ3v) is 3.88. The molecule has 108 valence electrons. The van der Waals surface area contributed by atoms with E-state index in [9.17, 15) is 4.79 Å². The van der Waals surface area contributed by atoms with Crippen molar-refractivity contribution in [2.24, 2.45) is 0 Å². The molecule has 1 N–H and O–H groups in total. The number of hydrogen-bond acceptors (Lipinski definition) is 4. The van der Waals surface area contributed by atoms with E-state index in [1.54, 1.807) is 12.3 Å². The van der Waals surface area contributed by atoms with Gasteiger partial charge in [-0.25, -0.2) is 9.78 Å². The van der Waals surface area contributed by atoms with Crippen LogP contribution in [0.25, 0.3) is 6.08 Å². The van der Waals surface area contributed by atoms with Gasteiger partial charge in [0, 0.05) is 43.0 Å². The molecule has 1 aromatic heterocycles. The summed E-state index contributed by atoms with van der Waals surface area (Å²) < 4.78 is 0. The van der Waals surface area contributed by atoms with Crippen LogP contribution in [0, 0.1) is 0 Å². The third-order valence-electron chi connectivity index (χ3n) is 3.88. The molecule has 0 amide bonds. The minimum Gasteiger partial charge on any atom is -0.478 e. The first-order chi connectivity index (χ1) is 9.49. The fourth-order valence-corrected chi connectivity index (χ4v) is 2.54. The Hall–Kier alpha value is -1.88. The lowest BCUT2D eigenvalue weighted by Gasteiger charge is -2.43. The van der Waals surface area contributed by atoms with Gasteiger partial charge < -0.3 is 10.0 Å². The maximum absolute atomic E-state index is 10.7. The molecule has 5 nitrogen and oxygen atoms in total. The Morgan fingerprint density at radius 2 is 2.05 bits per heavy atom. The standard InChI is InChI=1S/C15H21N3O2/c1-11-9-18(10-12(2)17(11)3)15-13(5-4-8-16-15)6-7-14(19)20/h4-8,11-12H,9-10H2,1-3H3,(H,19,20)/b7-6+. The summed E-state index contributed by atoms with van der Waals surface area (Å²) in [5, 5.41) is 8.77. The molecule has 0 aliphatic carbocycles. The number of aliphatic carboxylic acids is 1. The number of piperazine rings is 1. The smallest absolute Gasteiger partial charge is 0.328 e. The van der Waals surface area contributed by atoms with Crippen LogP contribution in [0.4, 0.5) is 5.82 Å². The Balaban J connectivity index is 2.26. The molecular formula is C15H21N3O2. The average molecular weight is 275 g/mol. The summed E-state index contributed by atoms with van der Waals surface area (Å²) in [5.41, 5.74) is 0.846. The van der Waals surface area contributed by atoms with E-state index in [1.165, 1.54) is 0 Å². The van der Waals surface area contributed by atoms with Gasteiger partial charge in [-0.2, -0.15) is 0 Å². The first-order valence-corrected chi connectivity index (χ1v) is 6.82. The van der Waals surface area contributed by atoms with Gasteiger partial charge in [0.05, 0.1) is 0 Å². The van der Waals surface area contributed by atoms with Gasteiger partial charge in [-0.1, -0.05) is 0 Å². The molecule has 2 atom stereocenters. The first-order valence-electron chi connectivity index (χ1n) is 6.82. The summed E-state index contributed by atoms with van der Waals surface area (Å²) in [6.45, 7) is 6.17. The molecule has 0 bridgehead atoms. The van der Waals surface area contributed by atoms with Crippen molar-refractivity contribution in [2.75, 3.05) is 25.0 Å². The lowest BCUT2D eigenvalue weighted by atomic mass is 10.1. The molecule has 0 radical (unpaired) electrons. The van der Waals surface area contributed by atoms with Gasteiger partial charge in [0.2, 0.25) is 0 Å². The fourth-order valence-electron chi connectivity index (χ4n) is 2.54. The van der Waals surface area contributed by atoms with E-state index in [0.717, 1.165) is 30.5 Å². The van der Waals surface area contributed by atoms with Crippen molar-refractivity contribution in [3.05, 3.63) is 30.0 Å². The number of carboxylic acids is 1. The zero-order chi connectivity index (χ0) is 14.7. The summed E-state index contributed by atoms with van der Waals surface area (Å²) in [6.07, 6.45) is 4.52. The SMILES string of the molecule is CC1CN(c2ncccc2/C=C/C(=O)O)CC(C)N1C. The molecule has 2 unspecified atom stereocenters. The lowest BCUT2D eigenvalue weighted by Crippen LogP contribution is -2.55. The van der Waals surface area contributed by atoms with Crippen LogP contribution in [0.5, 0.6) is 0 Å². The molecule has 0 spiro atoms. The van der Waals surface area contributed by atoms with Gasteiger partial charge in [0.1, 0.15) is 5.82 Å². The van der Waals surface area contributed by atoms with Gasteiger partial charge in [-0.15, -0.1) is 0 Å².